The monoisotopic (exact) mass is 499 g/mol. The van der Waals surface area contributed by atoms with Crippen LogP contribution in [0.15, 0.2) is 24.3 Å². The van der Waals surface area contributed by atoms with Crippen LogP contribution in [-0.4, -0.2) is 71.1 Å². The molecule has 1 spiro atoms. The molecule has 3 rings (SSSR count). The average Bonchev–Trinajstić information content (AvgIpc) is 3.00. The van der Waals surface area contributed by atoms with Crippen LogP contribution in [0.5, 0.6) is 0 Å². The Bertz CT molecular complexity index is 987. The van der Waals surface area contributed by atoms with Crippen LogP contribution in [-0.2, 0) is 25.2 Å². The minimum Gasteiger partial charge on any atom is -0.466 e. The van der Waals surface area contributed by atoms with E-state index in [4.69, 9.17) is 15.2 Å². The van der Waals surface area contributed by atoms with Crippen LogP contribution >= 0.6 is 0 Å². The van der Waals surface area contributed by atoms with Crippen molar-refractivity contribution in [2.24, 2.45) is 11.7 Å². The number of benzene rings is 1. The summed E-state index contributed by atoms with van der Waals surface area (Å²) >= 11 is 0. The molecule has 1 aromatic carbocycles. The zero-order valence-electron chi connectivity index (χ0n) is 19.6. The van der Waals surface area contributed by atoms with E-state index in [0.717, 1.165) is 24.3 Å². The number of halogens is 3. The number of ether oxygens (including phenoxy) is 2. The second-order valence-corrected chi connectivity index (χ2v) is 8.86. The van der Waals surface area contributed by atoms with Gasteiger partial charge in [0, 0.05) is 24.7 Å². The number of rotatable bonds is 5. The third-order valence-corrected chi connectivity index (χ3v) is 6.52. The molecule has 0 aliphatic carbocycles. The summed E-state index contributed by atoms with van der Waals surface area (Å²) in [6.07, 6.45) is -6.82. The lowest BCUT2D eigenvalue weighted by Gasteiger charge is -2.48. The number of amides is 3. The number of alkyl halides is 3. The highest BCUT2D eigenvalue weighted by molar-refractivity contribution is 5.96. The Balaban J connectivity index is 1.88. The van der Waals surface area contributed by atoms with Crippen LogP contribution < -0.4 is 5.73 Å². The standard InChI is InChI=1S/C23H28F3N3O6/c1-4-34-20(32)16-17(35-21(27)33)19(31)29(13(2)3)22(16)9-11-28(12-10-22)18(30)14-5-7-15(8-6-14)23(24,25)26/h5-8,13,16-17H,4,9-12H2,1-3H3,(H2,27,33)/t16-,17+/m0/s1. The molecule has 3 amide bonds. The van der Waals surface area contributed by atoms with Crippen LogP contribution in [0, 0.1) is 5.92 Å². The topological polar surface area (TPSA) is 119 Å². The number of primary amides is 1. The Morgan fingerprint density at radius 1 is 1.14 bits per heavy atom. The molecular weight excluding hydrogens is 471 g/mol. The predicted molar refractivity (Wildman–Crippen MR) is 116 cm³/mol. The third kappa shape index (κ3) is 4.92. The first-order valence-electron chi connectivity index (χ1n) is 11.3. The van der Waals surface area contributed by atoms with Crippen molar-refractivity contribution >= 4 is 23.9 Å². The quantitative estimate of drug-likeness (QED) is 0.622. The normalized spacial score (nSPS) is 22.0. The summed E-state index contributed by atoms with van der Waals surface area (Å²) in [5.74, 6) is -2.89. The summed E-state index contributed by atoms with van der Waals surface area (Å²) in [5, 5.41) is 0. The number of piperidine rings is 1. The zero-order valence-corrected chi connectivity index (χ0v) is 19.6. The maximum atomic E-state index is 13.2. The fourth-order valence-corrected chi connectivity index (χ4v) is 5.15. The number of hydrogen-bond acceptors (Lipinski definition) is 6. The summed E-state index contributed by atoms with van der Waals surface area (Å²) in [7, 11) is 0. The molecule has 0 saturated carbocycles. The summed E-state index contributed by atoms with van der Waals surface area (Å²) in [4.78, 5) is 53.6. The highest BCUT2D eigenvalue weighted by Crippen LogP contribution is 2.46. The number of hydrogen-bond donors (Lipinski definition) is 1. The van der Waals surface area contributed by atoms with Gasteiger partial charge in [0.25, 0.3) is 11.8 Å². The molecule has 9 nitrogen and oxygen atoms in total. The molecule has 2 aliphatic heterocycles. The van der Waals surface area contributed by atoms with Gasteiger partial charge in [-0.05, 0) is 57.9 Å². The van der Waals surface area contributed by atoms with Crippen molar-refractivity contribution in [2.75, 3.05) is 19.7 Å². The van der Waals surface area contributed by atoms with E-state index >= 15 is 0 Å². The second kappa shape index (κ2) is 9.74. The molecule has 2 saturated heterocycles. The largest absolute Gasteiger partial charge is 0.466 e. The molecule has 35 heavy (non-hydrogen) atoms. The average molecular weight is 499 g/mol. The number of nitrogens with zero attached hydrogens (tertiary/aromatic N) is 2. The van der Waals surface area contributed by atoms with Gasteiger partial charge in [-0.25, -0.2) is 4.79 Å². The Labute approximate surface area is 200 Å². The van der Waals surface area contributed by atoms with E-state index in [1.54, 1.807) is 20.8 Å². The molecular formula is C23H28F3N3O6. The number of carbonyl (C=O) groups is 4. The van der Waals surface area contributed by atoms with Gasteiger partial charge in [-0.15, -0.1) is 0 Å². The molecule has 0 unspecified atom stereocenters. The van der Waals surface area contributed by atoms with Crippen LogP contribution in [0.3, 0.4) is 0 Å². The van der Waals surface area contributed by atoms with Gasteiger partial charge in [0.15, 0.2) is 6.10 Å². The molecule has 192 valence electrons. The Morgan fingerprint density at radius 2 is 1.71 bits per heavy atom. The van der Waals surface area contributed by atoms with E-state index < -0.39 is 53.2 Å². The molecule has 0 bridgehead atoms. The summed E-state index contributed by atoms with van der Waals surface area (Å²) < 4.78 is 48.8. The van der Waals surface area contributed by atoms with Gasteiger partial charge in [-0.2, -0.15) is 13.2 Å². The van der Waals surface area contributed by atoms with Crippen molar-refractivity contribution in [1.82, 2.24) is 9.80 Å². The number of esters is 1. The predicted octanol–water partition coefficient (Wildman–Crippen LogP) is 2.57. The van der Waals surface area contributed by atoms with Gasteiger partial charge in [-0.3, -0.25) is 14.4 Å². The van der Waals surface area contributed by atoms with Crippen molar-refractivity contribution in [2.45, 2.75) is 57.5 Å². The van der Waals surface area contributed by atoms with Crippen LogP contribution in [0.2, 0.25) is 0 Å². The summed E-state index contributed by atoms with van der Waals surface area (Å²) in [6.45, 7) is 5.41. The highest BCUT2D eigenvalue weighted by atomic mass is 19.4. The van der Waals surface area contributed by atoms with Crippen LogP contribution in [0.1, 0.15) is 49.5 Å². The van der Waals surface area contributed by atoms with E-state index in [-0.39, 0.29) is 44.1 Å². The zero-order chi connectivity index (χ0) is 26.1. The first-order valence-corrected chi connectivity index (χ1v) is 11.3. The SMILES string of the molecule is CCOC(=O)[C@@H]1[C@@H](OC(N)=O)C(=O)N(C(C)C)C12CCN(C(=O)c1ccc(C(F)(F)F)cc1)CC2. The van der Waals surface area contributed by atoms with Crippen molar-refractivity contribution in [3.05, 3.63) is 35.4 Å². The lowest BCUT2D eigenvalue weighted by atomic mass is 9.75. The fraction of sp³-hybridized carbons (Fsp3) is 0.565. The molecule has 0 radical (unpaired) electrons. The fourth-order valence-electron chi connectivity index (χ4n) is 5.15. The molecule has 2 N–H and O–H groups in total. The van der Waals surface area contributed by atoms with Crippen molar-refractivity contribution < 1.29 is 41.8 Å². The van der Waals surface area contributed by atoms with Crippen LogP contribution in [0.25, 0.3) is 0 Å². The van der Waals surface area contributed by atoms with Gasteiger partial charge in [0.05, 0.1) is 17.7 Å². The van der Waals surface area contributed by atoms with E-state index in [1.165, 1.54) is 9.80 Å². The van der Waals surface area contributed by atoms with E-state index in [1.807, 2.05) is 0 Å². The highest BCUT2D eigenvalue weighted by Gasteiger charge is 2.64. The summed E-state index contributed by atoms with van der Waals surface area (Å²) in [6, 6.07) is 3.56. The smallest absolute Gasteiger partial charge is 0.416 e. The lowest BCUT2D eigenvalue weighted by Crippen LogP contribution is -2.60. The van der Waals surface area contributed by atoms with Crippen molar-refractivity contribution in [3.8, 4) is 0 Å². The number of nitrogens with two attached hydrogens (primary N) is 1. The lowest BCUT2D eigenvalue weighted by molar-refractivity contribution is -0.156. The van der Waals surface area contributed by atoms with Gasteiger partial charge in [-0.1, -0.05) is 0 Å². The minimum atomic E-state index is -4.51. The van der Waals surface area contributed by atoms with Crippen LogP contribution in [0.4, 0.5) is 18.0 Å². The Hall–Kier alpha value is -3.31. The van der Waals surface area contributed by atoms with Gasteiger partial charge in [0.1, 0.15) is 5.92 Å². The van der Waals surface area contributed by atoms with E-state index in [2.05, 4.69) is 0 Å². The Morgan fingerprint density at radius 3 is 2.17 bits per heavy atom. The number of likely N-dealkylation sites (tertiary alicyclic amines) is 2. The minimum absolute atomic E-state index is 0.0447. The molecule has 1 aromatic rings. The third-order valence-electron chi connectivity index (χ3n) is 6.52. The molecule has 0 aromatic heterocycles. The van der Waals surface area contributed by atoms with E-state index in [9.17, 15) is 32.3 Å². The molecule has 2 heterocycles. The maximum absolute atomic E-state index is 13.2. The number of carbonyl (C=O) groups excluding carboxylic acids is 4. The maximum Gasteiger partial charge on any atom is 0.416 e. The first-order chi connectivity index (χ1) is 16.3. The second-order valence-electron chi connectivity index (χ2n) is 8.86. The van der Waals surface area contributed by atoms with Crippen molar-refractivity contribution in [3.63, 3.8) is 0 Å². The summed E-state index contributed by atoms with van der Waals surface area (Å²) in [5.41, 5.74) is 3.31. The van der Waals surface area contributed by atoms with E-state index in [0.29, 0.717) is 0 Å². The Kier molecular flexibility index (Phi) is 7.32. The molecule has 2 aliphatic rings. The van der Waals surface area contributed by atoms with Gasteiger partial charge in [0.2, 0.25) is 0 Å². The molecule has 12 heteroatoms. The first kappa shape index (κ1) is 26.3. The molecule has 2 atom stereocenters. The van der Waals surface area contributed by atoms with Crippen molar-refractivity contribution in [1.29, 1.82) is 0 Å². The van der Waals surface area contributed by atoms with Gasteiger partial charge < -0.3 is 25.0 Å². The molecule has 2 fully saturated rings. The van der Waals surface area contributed by atoms with Gasteiger partial charge >= 0.3 is 18.2 Å².